The quantitative estimate of drug-likeness (QED) is 0.571. The molecule has 7 heteroatoms. The van der Waals surface area contributed by atoms with E-state index in [4.69, 9.17) is 9.47 Å². The van der Waals surface area contributed by atoms with Crippen LogP contribution < -0.4 is 10.1 Å². The highest BCUT2D eigenvalue weighted by Crippen LogP contribution is 2.26. The molecule has 0 unspecified atom stereocenters. The van der Waals surface area contributed by atoms with E-state index in [-0.39, 0.29) is 6.61 Å². The van der Waals surface area contributed by atoms with Crippen molar-refractivity contribution in [3.05, 3.63) is 65.6 Å². The zero-order chi connectivity index (χ0) is 22.3. The summed E-state index contributed by atoms with van der Waals surface area (Å²) < 4.78 is 13.2. The summed E-state index contributed by atoms with van der Waals surface area (Å²) in [6.07, 6.45) is 9.34. The van der Waals surface area contributed by atoms with Crippen molar-refractivity contribution in [3.63, 3.8) is 0 Å². The molecule has 0 saturated heterocycles. The van der Waals surface area contributed by atoms with Gasteiger partial charge in [-0.2, -0.15) is 5.10 Å². The lowest BCUT2D eigenvalue weighted by Crippen LogP contribution is -2.25. The summed E-state index contributed by atoms with van der Waals surface area (Å²) in [4.78, 5) is 16.8. The third-order valence-electron chi connectivity index (χ3n) is 5.78. The number of carbonyl (C=O) groups excluding carboxylic acids is 1. The van der Waals surface area contributed by atoms with E-state index >= 15 is 0 Å². The number of aromatic nitrogens is 3. The number of hydrogen-bond donors (Lipinski definition) is 1. The highest BCUT2D eigenvalue weighted by molar-refractivity contribution is 5.68. The van der Waals surface area contributed by atoms with Crippen LogP contribution in [0, 0.1) is 6.92 Å². The molecule has 3 aromatic rings. The zero-order valence-electron chi connectivity index (χ0n) is 18.7. The van der Waals surface area contributed by atoms with Crippen LogP contribution >= 0.6 is 0 Å². The van der Waals surface area contributed by atoms with E-state index in [2.05, 4.69) is 15.4 Å². The molecule has 2 aromatic heterocycles. The highest BCUT2D eigenvalue weighted by Gasteiger charge is 2.16. The van der Waals surface area contributed by atoms with Gasteiger partial charge in [0.15, 0.2) is 0 Å². The number of nitrogens with zero attached hydrogens (tertiary/aromatic N) is 3. The van der Waals surface area contributed by atoms with E-state index in [9.17, 15) is 4.79 Å². The van der Waals surface area contributed by atoms with E-state index in [1.807, 2.05) is 50.4 Å². The maximum absolute atomic E-state index is 12.2. The van der Waals surface area contributed by atoms with Gasteiger partial charge in [0.25, 0.3) is 0 Å². The molecule has 1 aliphatic carbocycles. The second-order valence-corrected chi connectivity index (χ2v) is 8.30. The van der Waals surface area contributed by atoms with Gasteiger partial charge < -0.3 is 14.8 Å². The van der Waals surface area contributed by atoms with E-state index in [0.717, 1.165) is 46.7 Å². The van der Waals surface area contributed by atoms with Gasteiger partial charge in [0.05, 0.1) is 36.4 Å². The largest absolute Gasteiger partial charge is 0.489 e. The standard InChI is InChI=1S/C25H30N4O3/c1-18-7-6-8-19(13-18)17-31-25(30)27-16-24-22(15-28-29(24)2)23-12-11-21(14-26-23)32-20-9-4-3-5-10-20/h6-8,11-15,20H,3-5,9-10,16-17H2,1-2H3,(H,27,30). The molecule has 2 heterocycles. The molecule has 1 amide bonds. The van der Waals surface area contributed by atoms with Gasteiger partial charge >= 0.3 is 6.09 Å². The number of nitrogens with one attached hydrogen (secondary N) is 1. The van der Waals surface area contributed by atoms with Crippen LogP contribution in [0.15, 0.2) is 48.8 Å². The number of alkyl carbamates (subject to hydrolysis) is 1. The lowest BCUT2D eigenvalue weighted by atomic mass is 9.98. The first-order valence-corrected chi connectivity index (χ1v) is 11.2. The van der Waals surface area contributed by atoms with Crippen molar-refractivity contribution in [1.82, 2.24) is 20.1 Å². The van der Waals surface area contributed by atoms with Crippen molar-refractivity contribution in [2.75, 3.05) is 0 Å². The fourth-order valence-corrected chi connectivity index (χ4v) is 4.03. The van der Waals surface area contributed by atoms with E-state index in [0.29, 0.717) is 12.6 Å². The molecular weight excluding hydrogens is 404 g/mol. The van der Waals surface area contributed by atoms with Gasteiger partial charge in [-0.05, 0) is 50.3 Å². The third-order valence-corrected chi connectivity index (χ3v) is 5.78. The Morgan fingerprint density at radius 1 is 1.16 bits per heavy atom. The molecule has 1 N–H and O–H groups in total. The van der Waals surface area contributed by atoms with Crippen molar-refractivity contribution in [2.24, 2.45) is 7.05 Å². The Kier molecular flexibility index (Phi) is 7.04. The predicted octanol–water partition coefficient (Wildman–Crippen LogP) is 4.93. The number of benzene rings is 1. The third kappa shape index (κ3) is 5.66. The van der Waals surface area contributed by atoms with Gasteiger partial charge in [0, 0.05) is 12.6 Å². The molecule has 32 heavy (non-hydrogen) atoms. The summed E-state index contributed by atoms with van der Waals surface area (Å²) in [5.41, 5.74) is 4.61. The Morgan fingerprint density at radius 3 is 2.75 bits per heavy atom. The minimum Gasteiger partial charge on any atom is -0.489 e. The van der Waals surface area contributed by atoms with E-state index < -0.39 is 6.09 Å². The molecule has 1 aromatic carbocycles. The number of aryl methyl sites for hydroxylation is 2. The van der Waals surface area contributed by atoms with Crippen molar-refractivity contribution < 1.29 is 14.3 Å². The topological polar surface area (TPSA) is 78.3 Å². The van der Waals surface area contributed by atoms with Gasteiger partial charge in [0.2, 0.25) is 0 Å². The minimum atomic E-state index is -0.470. The maximum atomic E-state index is 12.2. The van der Waals surface area contributed by atoms with Crippen molar-refractivity contribution in [1.29, 1.82) is 0 Å². The number of pyridine rings is 1. The van der Waals surface area contributed by atoms with Crippen LogP contribution in [-0.2, 0) is 24.9 Å². The fourth-order valence-electron chi connectivity index (χ4n) is 4.03. The summed E-state index contributed by atoms with van der Waals surface area (Å²) in [6, 6.07) is 11.8. The Hall–Kier alpha value is -3.35. The maximum Gasteiger partial charge on any atom is 0.407 e. The molecule has 1 aliphatic rings. The molecule has 0 radical (unpaired) electrons. The summed E-state index contributed by atoms with van der Waals surface area (Å²) >= 11 is 0. The summed E-state index contributed by atoms with van der Waals surface area (Å²) in [5.74, 6) is 0.795. The van der Waals surface area contributed by atoms with Crippen LogP contribution in [0.5, 0.6) is 5.75 Å². The lowest BCUT2D eigenvalue weighted by molar-refractivity contribution is 0.139. The molecular formula is C25H30N4O3. The molecule has 7 nitrogen and oxygen atoms in total. The molecule has 0 bridgehead atoms. The average molecular weight is 435 g/mol. The normalized spacial score (nSPS) is 14.2. The van der Waals surface area contributed by atoms with Crippen LogP contribution in [-0.4, -0.2) is 27.0 Å². The van der Waals surface area contributed by atoms with Crippen molar-refractivity contribution in [2.45, 2.75) is 58.3 Å². The molecule has 4 rings (SSSR count). The first-order chi connectivity index (χ1) is 15.6. The number of carbonyl (C=O) groups is 1. The molecule has 0 spiro atoms. The lowest BCUT2D eigenvalue weighted by Gasteiger charge is -2.22. The van der Waals surface area contributed by atoms with Gasteiger partial charge in [-0.3, -0.25) is 9.67 Å². The van der Waals surface area contributed by atoms with Gasteiger partial charge in [-0.1, -0.05) is 36.2 Å². The fraction of sp³-hybridized carbons (Fsp3) is 0.400. The Labute approximate surface area is 188 Å². The van der Waals surface area contributed by atoms with Gasteiger partial charge in [-0.15, -0.1) is 0 Å². The second kappa shape index (κ2) is 10.3. The Bertz CT molecular complexity index is 1040. The Morgan fingerprint density at radius 2 is 2.00 bits per heavy atom. The second-order valence-electron chi connectivity index (χ2n) is 8.30. The van der Waals surface area contributed by atoms with Crippen LogP contribution in [0.25, 0.3) is 11.3 Å². The summed E-state index contributed by atoms with van der Waals surface area (Å²) in [7, 11) is 1.85. The SMILES string of the molecule is Cc1cccc(COC(=O)NCc2c(-c3ccc(OC4CCCCC4)cn3)cnn2C)c1. The van der Waals surface area contributed by atoms with E-state index in [1.54, 1.807) is 17.1 Å². The highest BCUT2D eigenvalue weighted by atomic mass is 16.5. The predicted molar refractivity (Wildman–Crippen MR) is 122 cm³/mol. The monoisotopic (exact) mass is 434 g/mol. The smallest absolute Gasteiger partial charge is 0.407 e. The number of ether oxygens (including phenoxy) is 2. The van der Waals surface area contributed by atoms with Crippen LogP contribution in [0.4, 0.5) is 4.79 Å². The van der Waals surface area contributed by atoms with Crippen LogP contribution in [0.2, 0.25) is 0 Å². The van der Waals surface area contributed by atoms with Crippen molar-refractivity contribution in [3.8, 4) is 17.0 Å². The summed E-state index contributed by atoms with van der Waals surface area (Å²) in [5, 5.41) is 7.16. The molecule has 0 atom stereocenters. The number of hydrogen-bond acceptors (Lipinski definition) is 5. The molecule has 168 valence electrons. The van der Waals surface area contributed by atoms with E-state index in [1.165, 1.54) is 19.3 Å². The van der Waals surface area contributed by atoms with Crippen LogP contribution in [0.3, 0.4) is 0 Å². The Balaban J connectivity index is 1.34. The first-order valence-electron chi connectivity index (χ1n) is 11.2. The molecule has 1 saturated carbocycles. The molecule has 0 aliphatic heterocycles. The van der Waals surface area contributed by atoms with Crippen molar-refractivity contribution >= 4 is 6.09 Å². The van der Waals surface area contributed by atoms with Crippen LogP contribution in [0.1, 0.15) is 48.9 Å². The van der Waals surface area contributed by atoms with Gasteiger partial charge in [-0.25, -0.2) is 4.79 Å². The molecule has 1 fully saturated rings. The summed E-state index contributed by atoms with van der Waals surface area (Å²) in [6.45, 7) is 2.53. The number of rotatable bonds is 7. The first kappa shape index (κ1) is 21.9. The van der Waals surface area contributed by atoms with Gasteiger partial charge in [0.1, 0.15) is 12.4 Å². The minimum absolute atomic E-state index is 0.232. The zero-order valence-corrected chi connectivity index (χ0v) is 18.7. The average Bonchev–Trinajstić information content (AvgIpc) is 3.18. The number of amides is 1.